The number of aryl methyl sites for hydroxylation is 2. The van der Waals surface area contributed by atoms with Gasteiger partial charge in [0.15, 0.2) is 5.58 Å². The van der Waals surface area contributed by atoms with Crippen LogP contribution in [0.2, 0.25) is 0 Å². The molecule has 2 heterocycles. The van der Waals surface area contributed by atoms with Crippen molar-refractivity contribution in [2.75, 3.05) is 13.1 Å². The number of nitrogens with one attached hydrogen (secondary N) is 1. The third-order valence-electron chi connectivity index (χ3n) is 6.37. The number of benzene rings is 2. The van der Waals surface area contributed by atoms with Gasteiger partial charge in [-0.2, -0.15) is 4.31 Å². The molecule has 1 N–H and O–H groups in total. The Labute approximate surface area is 185 Å². The molecule has 1 aliphatic carbocycles. The molecule has 0 radical (unpaired) electrons. The lowest BCUT2D eigenvalue weighted by atomic mass is 10.1. The first-order chi connectivity index (χ1) is 15.4. The van der Waals surface area contributed by atoms with E-state index in [2.05, 4.69) is 11.4 Å². The van der Waals surface area contributed by atoms with Crippen LogP contribution in [0.5, 0.6) is 0 Å². The maximum Gasteiger partial charge on any atom is 0.419 e. The minimum atomic E-state index is -3.60. The van der Waals surface area contributed by atoms with Gasteiger partial charge in [-0.3, -0.25) is 9.36 Å². The van der Waals surface area contributed by atoms with Crippen LogP contribution in [0, 0.1) is 0 Å². The summed E-state index contributed by atoms with van der Waals surface area (Å²) in [6.45, 7) is 1.17. The largest absolute Gasteiger partial charge is 0.419 e. The summed E-state index contributed by atoms with van der Waals surface area (Å²) in [6.07, 6.45) is 3.63. The predicted octanol–water partition coefficient (Wildman–Crippen LogP) is 2.57. The average molecular weight is 456 g/mol. The van der Waals surface area contributed by atoms with Gasteiger partial charge in [0.25, 0.3) is 0 Å². The third-order valence-corrected chi connectivity index (χ3v) is 8.27. The van der Waals surface area contributed by atoms with Crippen molar-refractivity contribution in [2.24, 2.45) is 0 Å². The third kappa shape index (κ3) is 3.75. The lowest BCUT2D eigenvalue weighted by molar-refractivity contribution is -0.122. The zero-order chi connectivity index (χ0) is 22.3. The number of sulfonamides is 1. The molecule has 1 atom stereocenters. The molecule has 1 fully saturated rings. The minimum absolute atomic E-state index is 0.00475. The van der Waals surface area contributed by atoms with Crippen molar-refractivity contribution in [2.45, 2.75) is 49.6 Å². The van der Waals surface area contributed by atoms with Crippen LogP contribution >= 0.6 is 0 Å². The number of rotatable bonds is 6. The zero-order valence-electron chi connectivity index (χ0n) is 17.6. The molecule has 0 spiro atoms. The van der Waals surface area contributed by atoms with Crippen LogP contribution in [0.1, 0.15) is 42.9 Å². The van der Waals surface area contributed by atoms with Crippen molar-refractivity contribution in [1.29, 1.82) is 0 Å². The highest BCUT2D eigenvalue weighted by molar-refractivity contribution is 7.89. The summed E-state index contributed by atoms with van der Waals surface area (Å²) in [7, 11) is -3.60. The van der Waals surface area contributed by atoms with E-state index in [-0.39, 0.29) is 35.4 Å². The second-order valence-electron chi connectivity index (χ2n) is 8.37. The van der Waals surface area contributed by atoms with Crippen LogP contribution in [-0.4, -0.2) is 36.3 Å². The van der Waals surface area contributed by atoms with Gasteiger partial charge in [0.2, 0.25) is 15.9 Å². The van der Waals surface area contributed by atoms with Crippen molar-refractivity contribution in [1.82, 2.24) is 14.2 Å². The summed E-state index contributed by atoms with van der Waals surface area (Å²) in [5.41, 5.74) is 3.10. The maximum atomic E-state index is 12.8. The molecule has 168 valence electrons. The molecule has 1 aromatic heterocycles. The fourth-order valence-corrected chi connectivity index (χ4v) is 6.22. The summed E-state index contributed by atoms with van der Waals surface area (Å²) >= 11 is 0. The van der Waals surface area contributed by atoms with Gasteiger partial charge in [0.1, 0.15) is 0 Å². The van der Waals surface area contributed by atoms with Crippen molar-refractivity contribution in [3.8, 4) is 0 Å². The van der Waals surface area contributed by atoms with E-state index in [1.807, 2.05) is 18.2 Å². The highest BCUT2D eigenvalue weighted by Gasteiger charge is 2.28. The van der Waals surface area contributed by atoms with Gasteiger partial charge in [-0.25, -0.2) is 13.2 Å². The standard InChI is InChI=1S/C23H25N3O5S/c27-22(24-19-9-7-16-5-1-2-6-18(16)19)11-14-26-20-10-8-17(15-21(20)31-23(26)28)32(29,30)25-12-3-4-13-25/h1-2,5-6,8,10,15,19H,3-4,7,9,11-14H2,(H,24,27). The van der Waals surface area contributed by atoms with E-state index in [9.17, 15) is 18.0 Å². The van der Waals surface area contributed by atoms with Crippen molar-refractivity contribution < 1.29 is 17.6 Å². The van der Waals surface area contributed by atoms with Gasteiger partial charge in [0, 0.05) is 32.1 Å². The molecule has 32 heavy (non-hydrogen) atoms. The zero-order valence-corrected chi connectivity index (χ0v) is 18.4. The number of aromatic nitrogens is 1. The van der Waals surface area contributed by atoms with E-state index in [4.69, 9.17) is 4.42 Å². The van der Waals surface area contributed by atoms with Crippen molar-refractivity contribution in [3.05, 3.63) is 64.1 Å². The molecular formula is C23H25N3O5S. The van der Waals surface area contributed by atoms with E-state index in [1.54, 1.807) is 6.07 Å². The Hall–Kier alpha value is -2.91. The van der Waals surface area contributed by atoms with Crippen LogP contribution in [-0.2, 0) is 27.8 Å². The van der Waals surface area contributed by atoms with E-state index < -0.39 is 15.8 Å². The molecule has 2 aromatic carbocycles. The Morgan fingerprint density at radius 3 is 2.72 bits per heavy atom. The Balaban J connectivity index is 1.30. The van der Waals surface area contributed by atoms with Gasteiger partial charge in [0.05, 0.1) is 16.5 Å². The number of fused-ring (bicyclic) bond motifs is 2. The number of hydrogen-bond acceptors (Lipinski definition) is 5. The fourth-order valence-electron chi connectivity index (χ4n) is 4.68. The van der Waals surface area contributed by atoms with E-state index in [0.29, 0.717) is 18.6 Å². The smallest absolute Gasteiger partial charge is 0.408 e. The molecule has 1 amide bonds. The van der Waals surface area contributed by atoms with Gasteiger partial charge in [-0.15, -0.1) is 0 Å². The summed E-state index contributed by atoms with van der Waals surface area (Å²) in [5, 5.41) is 3.06. The second kappa shape index (κ2) is 8.22. The van der Waals surface area contributed by atoms with Gasteiger partial charge in [-0.1, -0.05) is 24.3 Å². The van der Waals surface area contributed by atoms with Crippen LogP contribution in [0.15, 0.2) is 56.6 Å². The number of carbonyl (C=O) groups excluding carboxylic acids is 1. The SMILES string of the molecule is O=C(CCn1c(=O)oc2cc(S(=O)(=O)N3CCCC3)ccc21)NC1CCc2ccccc21. The Kier molecular flexibility index (Phi) is 5.38. The number of amides is 1. The van der Waals surface area contributed by atoms with Gasteiger partial charge in [-0.05, 0) is 48.9 Å². The molecule has 0 saturated carbocycles. The maximum absolute atomic E-state index is 12.8. The van der Waals surface area contributed by atoms with E-state index in [1.165, 1.54) is 26.6 Å². The molecule has 1 aliphatic heterocycles. The van der Waals surface area contributed by atoms with E-state index in [0.717, 1.165) is 31.2 Å². The number of nitrogens with zero attached hydrogens (tertiary/aromatic N) is 2. The Morgan fingerprint density at radius 1 is 1.12 bits per heavy atom. The molecule has 0 bridgehead atoms. The second-order valence-corrected chi connectivity index (χ2v) is 10.3. The van der Waals surface area contributed by atoms with Crippen molar-refractivity contribution >= 4 is 27.0 Å². The van der Waals surface area contributed by atoms with Gasteiger partial charge >= 0.3 is 5.76 Å². The first-order valence-corrected chi connectivity index (χ1v) is 12.4. The number of oxazole rings is 1. The molecule has 2 aliphatic rings. The highest BCUT2D eigenvalue weighted by Crippen LogP contribution is 2.30. The lowest BCUT2D eigenvalue weighted by Gasteiger charge is -2.15. The highest BCUT2D eigenvalue weighted by atomic mass is 32.2. The van der Waals surface area contributed by atoms with Crippen LogP contribution in [0.3, 0.4) is 0 Å². The normalized spacial score (nSPS) is 18.8. The van der Waals surface area contributed by atoms with Gasteiger partial charge < -0.3 is 9.73 Å². The molecule has 1 saturated heterocycles. The summed E-state index contributed by atoms with van der Waals surface area (Å²) in [6, 6.07) is 12.6. The van der Waals surface area contributed by atoms with E-state index >= 15 is 0 Å². The van der Waals surface area contributed by atoms with Crippen LogP contribution in [0.4, 0.5) is 0 Å². The molecule has 8 nitrogen and oxygen atoms in total. The Morgan fingerprint density at radius 2 is 1.91 bits per heavy atom. The fraction of sp³-hybridized carbons (Fsp3) is 0.391. The topological polar surface area (TPSA) is 102 Å². The quantitative estimate of drug-likeness (QED) is 0.616. The summed E-state index contributed by atoms with van der Waals surface area (Å²) in [5.74, 6) is -0.740. The number of hydrogen-bond donors (Lipinski definition) is 1. The first kappa shape index (κ1) is 21.0. The molecular weight excluding hydrogens is 430 g/mol. The molecule has 1 unspecified atom stereocenters. The molecule has 3 aromatic rings. The minimum Gasteiger partial charge on any atom is -0.408 e. The average Bonchev–Trinajstić information content (AvgIpc) is 3.51. The van der Waals surface area contributed by atoms with Crippen LogP contribution < -0.4 is 11.1 Å². The van der Waals surface area contributed by atoms with Crippen LogP contribution in [0.25, 0.3) is 11.1 Å². The predicted molar refractivity (Wildman–Crippen MR) is 119 cm³/mol. The summed E-state index contributed by atoms with van der Waals surface area (Å²) in [4.78, 5) is 25.0. The molecule has 9 heteroatoms. The summed E-state index contributed by atoms with van der Waals surface area (Å²) < 4.78 is 33.7. The monoisotopic (exact) mass is 455 g/mol. The Bertz CT molecular complexity index is 1340. The van der Waals surface area contributed by atoms with Crippen molar-refractivity contribution in [3.63, 3.8) is 0 Å². The molecule has 5 rings (SSSR count). The lowest BCUT2D eigenvalue weighted by Crippen LogP contribution is -2.29. The number of carbonyl (C=O) groups is 1. The first-order valence-electron chi connectivity index (χ1n) is 10.9.